The monoisotopic (exact) mass is 469 g/mol. The van der Waals surface area contributed by atoms with Crippen molar-refractivity contribution in [2.75, 3.05) is 6.54 Å². The van der Waals surface area contributed by atoms with Crippen molar-refractivity contribution in [1.29, 1.82) is 0 Å². The summed E-state index contributed by atoms with van der Waals surface area (Å²) in [6, 6.07) is 21.6. The molecule has 164 valence electrons. The molecule has 2 N–H and O–H groups in total. The summed E-state index contributed by atoms with van der Waals surface area (Å²) >= 11 is 6.54. The van der Waals surface area contributed by atoms with E-state index in [-0.39, 0.29) is 19.0 Å². The molecule has 0 radical (unpaired) electrons. The molecule has 4 aromatic rings. The Kier molecular flexibility index (Phi) is 7.64. The SMILES string of the molecule is Cc1c(-c2ccccc2)cccc1-c1nnc(-c2cccc(CNCC(=O)O)c2Cl)o1.Cl. The Hall–Kier alpha value is -3.19. The summed E-state index contributed by atoms with van der Waals surface area (Å²) in [6.45, 7) is 2.20. The van der Waals surface area contributed by atoms with Crippen molar-refractivity contribution >= 4 is 30.0 Å². The molecule has 32 heavy (non-hydrogen) atoms. The maximum Gasteiger partial charge on any atom is 0.317 e. The molecule has 0 fully saturated rings. The number of hydrogen-bond donors (Lipinski definition) is 2. The van der Waals surface area contributed by atoms with Gasteiger partial charge in [0, 0.05) is 12.1 Å². The van der Waals surface area contributed by atoms with E-state index in [1.54, 1.807) is 6.07 Å². The molecule has 0 aliphatic rings. The first-order valence-electron chi connectivity index (χ1n) is 9.74. The molecule has 1 heterocycles. The molecular formula is C24H21Cl2N3O3. The molecule has 0 atom stereocenters. The maximum absolute atomic E-state index is 10.7. The molecule has 0 amide bonds. The number of benzene rings is 3. The minimum atomic E-state index is -0.929. The van der Waals surface area contributed by atoms with Gasteiger partial charge in [-0.25, -0.2) is 0 Å². The van der Waals surface area contributed by atoms with E-state index < -0.39 is 5.97 Å². The van der Waals surface area contributed by atoms with Crippen LogP contribution in [0.3, 0.4) is 0 Å². The molecule has 3 aromatic carbocycles. The van der Waals surface area contributed by atoms with E-state index in [0.29, 0.717) is 28.9 Å². The van der Waals surface area contributed by atoms with Crippen LogP contribution in [0.15, 0.2) is 71.1 Å². The van der Waals surface area contributed by atoms with Gasteiger partial charge in [-0.2, -0.15) is 0 Å². The van der Waals surface area contributed by atoms with E-state index in [9.17, 15) is 4.79 Å². The fourth-order valence-corrected chi connectivity index (χ4v) is 3.70. The Bertz CT molecular complexity index is 1230. The Morgan fingerprint density at radius 3 is 2.28 bits per heavy atom. The second-order valence-corrected chi connectivity index (χ2v) is 7.41. The lowest BCUT2D eigenvalue weighted by Crippen LogP contribution is -2.22. The third-order valence-electron chi connectivity index (χ3n) is 4.97. The lowest BCUT2D eigenvalue weighted by atomic mass is 9.96. The highest BCUT2D eigenvalue weighted by Crippen LogP contribution is 2.34. The smallest absolute Gasteiger partial charge is 0.317 e. The van der Waals surface area contributed by atoms with Crippen LogP contribution in [0.4, 0.5) is 0 Å². The lowest BCUT2D eigenvalue weighted by Gasteiger charge is -2.09. The summed E-state index contributed by atoms with van der Waals surface area (Å²) in [5.74, 6) is -0.206. The van der Waals surface area contributed by atoms with Gasteiger partial charge in [0.1, 0.15) is 0 Å². The van der Waals surface area contributed by atoms with Crippen LogP contribution in [0.5, 0.6) is 0 Å². The molecule has 8 heteroatoms. The fraction of sp³-hybridized carbons (Fsp3) is 0.125. The number of carboxylic acids is 1. The van der Waals surface area contributed by atoms with Gasteiger partial charge in [0.05, 0.1) is 17.1 Å². The van der Waals surface area contributed by atoms with Gasteiger partial charge in [-0.05, 0) is 41.3 Å². The largest absolute Gasteiger partial charge is 0.480 e. The standard InChI is InChI=1S/C24H20ClN3O3.ClH/c1-15-18(16-7-3-2-4-8-16)10-6-11-19(15)23-27-28-24(31-23)20-12-5-9-17(22(20)25)13-26-14-21(29)30;/h2-12,26H,13-14H2,1H3,(H,29,30);1H. The number of hydrogen-bond acceptors (Lipinski definition) is 5. The van der Waals surface area contributed by atoms with Gasteiger partial charge in [0.25, 0.3) is 0 Å². The van der Waals surface area contributed by atoms with Crippen LogP contribution in [0.2, 0.25) is 5.02 Å². The van der Waals surface area contributed by atoms with Gasteiger partial charge in [0.2, 0.25) is 11.8 Å². The highest BCUT2D eigenvalue weighted by molar-refractivity contribution is 6.33. The Balaban J connectivity index is 0.00000289. The van der Waals surface area contributed by atoms with Crippen LogP contribution >= 0.6 is 24.0 Å². The highest BCUT2D eigenvalue weighted by atomic mass is 35.5. The molecule has 0 aliphatic carbocycles. The summed E-state index contributed by atoms with van der Waals surface area (Å²) in [4.78, 5) is 10.7. The summed E-state index contributed by atoms with van der Waals surface area (Å²) in [7, 11) is 0. The third kappa shape index (κ3) is 4.99. The van der Waals surface area contributed by atoms with Gasteiger partial charge < -0.3 is 14.8 Å². The fourth-order valence-electron chi connectivity index (χ4n) is 3.42. The van der Waals surface area contributed by atoms with E-state index in [1.807, 2.05) is 49.4 Å². The number of aliphatic carboxylic acids is 1. The number of nitrogens with zero attached hydrogens (tertiary/aromatic N) is 2. The van der Waals surface area contributed by atoms with Crippen molar-refractivity contribution in [2.45, 2.75) is 13.5 Å². The minimum Gasteiger partial charge on any atom is -0.480 e. The van der Waals surface area contributed by atoms with Crippen molar-refractivity contribution in [3.05, 3.63) is 82.9 Å². The second-order valence-electron chi connectivity index (χ2n) is 7.03. The van der Waals surface area contributed by atoms with Gasteiger partial charge in [-0.15, -0.1) is 22.6 Å². The topological polar surface area (TPSA) is 88.2 Å². The first-order valence-corrected chi connectivity index (χ1v) is 10.1. The van der Waals surface area contributed by atoms with E-state index in [4.69, 9.17) is 21.1 Å². The van der Waals surface area contributed by atoms with Crippen LogP contribution in [-0.2, 0) is 11.3 Å². The number of aromatic nitrogens is 2. The van der Waals surface area contributed by atoms with E-state index >= 15 is 0 Å². The predicted molar refractivity (Wildman–Crippen MR) is 127 cm³/mol. The van der Waals surface area contributed by atoms with Crippen LogP contribution in [0.1, 0.15) is 11.1 Å². The molecule has 0 aliphatic heterocycles. The molecule has 0 unspecified atom stereocenters. The van der Waals surface area contributed by atoms with E-state index in [2.05, 4.69) is 33.7 Å². The zero-order valence-electron chi connectivity index (χ0n) is 17.2. The van der Waals surface area contributed by atoms with Gasteiger partial charge in [-0.3, -0.25) is 4.79 Å². The molecule has 0 saturated carbocycles. The van der Waals surface area contributed by atoms with Gasteiger partial charge in [-0.1, -0.05) is 66.2 Å². The van der Waals surface area contributed by atoms with Crippen molar-refractivity contribution in [3.8, 4) is 34.0 Å². The highest BCUT2D eigenvalue weighted by Gasteiger charge is 2.17. The number of rotatable bonds is 7. The van der Waals surface area contributed by atoms with Gasteiger partial charge in [0.15, 0.2) is 0 Å². The van der Waals surface area contributed by atoms with Crippen molar-refractivity contribution in [2.24, 2.45) is 0 Å². The summed E-state index contributed by atoms with van der Waals surface area (Å²) < 4.78 is 5.98. The Morgan fingerprint density at radius 2 is 1.56 bits per heavy atom. The number of halogens is 2. The average molecular weight is 470 g/mol. The van der Waals surface area contributed by atoms with Crippen molar-refractivity contribution in [3.63, 3.8) is 0 Å². The lowest BCUT2D eigenvalue weighted by molar-refractivity contribution is -0.135. The molecular weight excluding hydrogens is 449 g/mol. The van der Waals surface area contributed by atoms with Crippen LogP contribution in [0.25, 0.3) is 34.0 Å². The van der Waals surface area contributed by atoms with E-state index in [1.165, 1.54) is 0 Å². The molecule has 1 aromatic heterocycles. The minimum absolute atomic E-state index is 0. The molecule has 0 bridgehead atoms. The average Bonchev–Trinajstić information content (AvgIpc) is 3.25. The summed E-state index contributed by atoms with van der Waals surface area (Å²) in [5.41, 5.74) is 5.47. The molecule has 6 nitrogen and oxygen atoms in total. The van der Waals surface area contributed by atoms with Crippen LogP contribution in [0, 0.1) is 6.92 Å². The maximum atomic E-state index is 10.7. The number of carbonyl (C=O) groups is 1. The van der Waals surface area contributed by atoms with Gasteiger partial charge >= 0.3 is 5.97 Å². The summed E-state index contributed by atoms with van der Waals surface area (Å²) in [6.07, 6.45) is 0. The predicted octanol–water partition coefficient (Wildman–Crippen LogP) is 5.63. The van der Waals surface area contributed by atoms with Crippen LogP contribution < -0.4 is 5.32 Å². The molecule has 0 saturated heterocycles. The molecule has 0 spiro atoms. The van der Waals surface area contributed by atoms with Crippen LogP contribution in [-0.4, -0.2) is 27.8 Å². The quantitative estimate of drug-likeness (QED) is 0.364. The Morgan fingerprint density at radius 1 is 0.938 bits per heavy atom. The zero-order valence-corrected chi connectivity index (χ0v) is 18.8. The summed E-state index contributed by atoms with van der Waals surface area (Å²) in [5, 5.41) is 20.5. The zero-order chi connectivity index (χ0) is 21.8. The van der Waals surface area contributed by atoms with Crippen molar-refractivity contribution in [1.82, 2.24) is 15.5 Å². The van der Waals surface area contributed by atoms with E-state index in [0.717, 1.165) is 27.8 Å². The second kappa shape index (κ2) is 10.4. The first kappa shape index (κ1) is 23.5. The normalized spacial score (nSPS) is 10.6. The first-order chi connectivity index (χ1) is 15.0. The Labute approximate surface area is 196 Å². The number of carboxylic acid groups (broad SMARTS) is 1. The van der Waals surface area contributed by atoms with Crippen molar-refractivity contribution < 1.29 is 14.3 Å². The molecule has 4 rings (SSSR count). The third-order valence-corrected chi connectivity index (χ3v) is 5.42. The number of nitrogens with one attached hydrogen (secondary N) is 1.